The van der Waals surface area contributed by atoms with Gasteiger partial charge in [0.15, 0.2) is 0 Å². The van der Waals surface area contributed by atoms with E-state index >= 15 is 0 Å². The maximum atomic E-state index is 12.1. The first-order valence-electron chi connectivity index (χ1n) is 8.81. The highest BCUT2D eigenvalue weighted by Crippen LogP contribution is 2.21. The summed E-state index contributed by atoms with van der Waals surface area (Å²) in [6.45, 7) is 0.234. The molecule has 1 saturated carbocycles. The van der Waals surface area contributed by atoms with Crippen molar-refractivity contribution in [1.82, 2.24) is 15.3 Å². The fourth-order valence-corrected chi connectivity index (χ4v) is 3.74. The van der Waals surface area contributed by atoms with Gasteiger partial charge in [-0.3, -0.25) is 9.78 Å². The van der Waals surface area contributed by atoms with Gasteiger partial charge in [0.2, 0.25) is 5.91 Å². The van der Waals surface area contributed by atoms with Crippen molar-refractivity contribution in [2.24, 2.45) is 0 Å². The third-order valence-electron chi connectivity index (χ3n) is 4.24. The minimum absolute atomic E-state index is 0.0241. The molecule has 6 heteroatoms. The van der Waals surface area contributed by atoms with Crippen LogP contribution in [0.15, 0.2) is 47.8 Å². The minimum Gasteiger partial charge on any atom is -0.360 e. The lowest BCUT2D eigenvalue weighted by Crippen LogP contribution is -2.39. The topological polar surface area (TPSA) is 66.9 Å². The number of hydrogen-bond donors (Lipinski definition) is 2. The van der Waals surface area contributed by atoms with Crippen molar-refractivity contribution >= 4 is 23.5 Å². The summed E-state index contributed by atoms with van der Waals surface area (Å²) < 4.78 is 0. The Bertz CT molecular complexity index is 674. The number of thioether (sulfide) groups is 1. The Balaban J connectivity index is 1.45. The van der Waals surface area contributed by atoms with Crippen LogP contribution >= 0.6 is 11.8 Å². The molecule has 132 valence electrons. The van der Waals surface area contributed by atoms with Crippen molar-refractivity contribution in [2.45, 2.75) is 48.9 Å². The van der Waals surface area contributed by atoms with E-state index in [0.717, 1.165) is 23.6 Å². The van der Waals surface area contributed by atoms with E-state index in [1.165, 1.54) is 24.8 Å². The van der Waals surface area contributed by atoms with Gasteiger partial charge in [0.25, 0.3) is 0 Å². The number of anilines is 1. The maximum absolute atomic E-state index is 12.1. The third-order valence-corrected chi connectivity index (χ3v) is 5.21. The average Bonchev–Trinajstić information content (AvgIpc) is 2.67. The molecular weight excluding hydrogens is 332 g/mol. The molecule has 1 aromatic heterocycles. The zero-order valence-electron chi connectivity index (χ0n) is 14.3. The molecule has 1 aromatic carbocycles. The van der Waals surface area contributed by atoms with Crippen LogP contribution in [-0.2, 0) is 10.5 Å². The molecule has 1 amide bonds. The van der Waals surface area contributed by atoms with E-state index in [1.807, 2.05) is 18.2 Å². The van der Waals surface area contributed by atoms with Crippen molar-refractivity contribution in [3.05, 3.63) is 48.3 Å². The zero-order chi connectivity index (χ0) is 17.3. The third kappa shape index (κ3) is 6.05. The van der Waals surface area contributed by atoms with Gasteiger partial charge in [0.05, 0.1) is 18.9 Å². The Hall–Kier alpha value is -2.08. The Morgan fingerprint density at radius 1 is 1.12 bits per heavy atom. The summed E-state index contributed by atoms with van der Waals surface area (Å²) in [6, 6.07) is 10.6. The standard InChI is InChI=1S/C19H24N4OS/c24-18(22-16-9-5-2-6-10-16)12-21-17-11-20-13-19(23-17)25-14-15-7-3-1-4-8-15/h1,3-4,7-8,11,13,16H,2,5-6,9-10,12,14H2,(H,21,23)(H,22,24). The van der Waals surface area contributed by atoms with Crippen LogP contribution in [0.4, 0.5) is 5.82 Å². The first kappa shape index (κ1) is 17.7. The highest BCUT2D eigenvalue weighted by Gasteiger charge is 2.15. The lowest BCUT2D eigenvalue weighted by Gasteiger charge is -2.22. The van der Waals surface area contributed by atoms with Crippen LogP contribution in [0.2, 0.25) is 0 Å². The number of carbonyl (C=O) groups excluding carboxylic acids is 1. The molecule has 25 heavy (non-hydrogen) atoms. The van der Waals surface area contributed by atoms with Crippen molar-refractivity contribution in [3.8, 4) is 0 Å². The number of aromatic nitrogens is 2. The summed E-state index contributed by atoms with van der Waals surface area (Å²) in [7, 11) is 0. The SMILES string of the molecule is O=C(CNc1cncc(SCc2ccccc2)n1)NC1CCCCC1. The van der Waals surface area contributed by atoms with Gasteiger partial charge in [-0.15, -0.1) is 11.8 Å². The van der Waals surface area contributed by atoms with E-state index in [-0.39, 0.29) is 12.5 Å². The molecule has 0 atom stereocenters. The van der Waals surface area contributed by atoms with Gasteiger partial charge in [-0.2, -0.15) is 0 Å². The molecule has 0 bridgehead atoms. The molecule has 0 unspecified atom stereocenters. The first-order valence-corrected chi connectivity index (χ1v) is 9.80. The fourth-order valence-electron chi connectivity index (χ4n) is 2.93. The molecule has 0 spiro atoms. The predicted octanol–water partition coefficient (Wildman–Crippen LogP) is 3.63. The average molecular weight is 356 g/mol. The second-order valence-corrected chi connectivity index (χ2v) is 7.27. The molecule has 0 saturated heterocycles. The Kier molecular flexibility index (Phi) is 6.68. The molecule has 3 rings (SSSR count). The highest BCUT2D eigenvalue weighted by molar-refractivity contribution is 7.98. The minimum atomic E-state index is 0.0241. The van der Waals surface area contributed by atoms with Crippen LogP contribution in [0.25, 0.3) is 0 Å². The van der Waals surface area contributed by atoms with E-state index in [2.05, 4.69) is 32.7 Å². The van der Waals surface area contributed by atoms with Crippen molar-refractivity contribution in [2.75, 3.05) is 11.9 Å². The first-order chi connectivity index (χ1) is 12.3. The van der Waals surface area contributed by atoms with E-state index in [9.17, 15) is 4.79 Å². The monoisotopic (exact) mass is 356 g/mol. The van der Waals surface area contributed by atoms with Crippen molar-refractivity contribution in [3.63, 3.8) is 0 Å². The number of amides is 1. The summed E-state index contributed by atoms with van der Waals surface area (Å²) in [6.07, 6.45) is 9.30. The molecule has 0 radical (unpaired) electrons. The van der Waals surface area contributed by atoms with Crippen LogP contribution in [0.1, 0.15) is 37.7 Å². The van der Waals surface area contributed by atoms with E-state index in [4.69, 9.17) is 0 Å². The number of rotatable bonds is 7. The summed E-state index contributed by atoms with van der Waals surface area (Å²) in [5.41, 5.74) is 1.25. The van der Waals surface area contributed by atoms with Gasteiger partial charge in [0, 0.05) is 11.8 Å². The summed E-state index contributed by atoms with van der Waals surface area (Å²) in [5.74, 6) is 1.51. The molecule has 2 N–H and O–H groups in total. The number of nitrogens with one attached hydrogen (secondary N) is 2. The lowest BCUT2D eigenvalue weighted by atomic mass is 9.95. The van der Waals surface area contributed by atoms with Crippen LogP contribution in [0.5, 0.6) is 0 Å². The van der Waals surface area contributed by atoms with Gasteiger partial charge in [-0.25, -0.2) is 4.98 Å². The van der Waals surface area contributed by atoms with E-state index < -0.39 is 0 Å². The van der Waals surface area contributed by atoms with Gasteiger partial charge in [-0.05, 0) is 18.4 Å². The normalized spacial score (nSPS) is 14.9. The number of nitrogens with zero attached hydrogens (tertiary/aromatic N) is 2. The van der Waals surface area contributed by atoms with Gasteiger partial charge in [-0.1, -0.05) is 49.6 Å². The Morgan fingerprint density at radius 2 is 1.92 bits per heavy atom. The van der Waals surface area contributed by atoms with E-state index in [0.29, 0.717) is 11.9 Å². The molecular formula is C19H24N4OS. The van der Waals surface area contributed by atoms with Crippen molar-refractivity contribution in [1.29, 1.82) is 0 Å². The van der Waals surface area contributed by atoms with Crippen LogP contribution in [0.3, 0.4) is 0 Å². The summed E-state index contributed by atoms with van der Waals surface area (Å²) in [4.78, 5) is 20.8. The highest BCUT2D eigenvalue weighted by atomic mass is 32.2. The smallest absolute Gasteiger partial charge is 0.239 e. The summed E-state index contributed by atoms with van der Waals surface area (Å²) in [5, 5.41) is 7.02. The van der Waals surface area contributed by atoms with Crippen molar-refractivity contribution < 1.29 is 4.79 Å². The van der Waals surface area contributed by atoms with Crippen LogP contribution in [-0.4, -0.2) is 28.5 Å². The van der Waals surface area contributed by atoms with Crippen LogP contribution < -0.4 is 10.6 Å². The molecule has 1 fully saturated rings. The number of carbonyl (C=O) groups is 1. The van der Waals surface area contributed by atoms with Gasteiger partial charge >= 0.3 is 0 Å². The molecule has 2 aromatic rings. The summed E-state index contributed by atoms with van der Waals surface area (Å²) >= 11 is 1.64. The largest absolute Gasteiger partial charge is 0.360 e. The van der Waals surface area contributed by atoms with E-state index in [1.54, 1.807) is 24.2 Å². The molecule has 1 heterocycles. The number of hydrogen-bond acceptors (Lipinski definition) is 5. The lowest BCUT2D eigenvalue weighted by molar-refractivity contribution is -0.120. The van der Waals surface area contributed by atoms with Gasteiger partial charge in [0.1, 0.15) is 10.8 Å². The Labute approximate surface area is 153 Å². The Morgan fingerprint density at radius 3 is 2.72 bits per heavy atom. The molecule has 1 aliphatic carbocycles. The van der Waals surface area contributed by atoms with Crippen LogP contribution in [0, 0.1) is 0 Å². The van der Waals surface area contributed by atoms with Gasteiger partial charge < -0.3 is 10.6 Å². The second-order valence-electron chi connectivity index (χ2n) is 6.27. The fraction of sp³-hybridized carbons (Fsp3) is 0.421. The molecule has 0 aliphatic heterocycles. The predicted molar refractivity (Wildman–Crippen MR) is 102 cm³/mol. The quantitative estimate of drug-likeness (QED) is 0.742. The zero-order valence-corrected chi connectivity index (χ0v) is 15.1. The maximum Gasteiger partial charge on any atom is 0.239 e. The molecule has 5 nitrogen and oxygen atoms in total. The second kappa shape index (κ2) is 9.42. The molecule has 1 aliphatic rings. The number of benzene rings is 1.